The van der Waals surface area contributed by atoms with Gasteiger partial charge in [0.2, 0.25) is 0 Å². The van der Waals surface area contributed by atoms with Crippen molar-refractivity contribution in [1.29, 1.82) is 0 Å². The minimum absolute atomic E-state index is 0.282. The molecular formula is C19H29NO. The van der Waals surface area contributed by atoms with Crippen molar-refractivity contribution in [3.63, 3.8) is 0 Å². The lowest BCUT2D eigenvalue weighted by Gasteiger charge is -2.41. The SMILES string of the molecule is CCC1(CC)CCN(CCCC(=O)c2ccccc2)CC1. The molecule has 1 aliphatic rings. The van der Waals surface area contributed by atoms with Crippen molar-refractivity contribution in [2.45, 2.75) is 52.4 Å². The maximum Gasteiger partial charge on any atom is 0.162 e. The number of Topliss-reactive ketones (excluding diaryl/α,β-unsaturated/α-hetero) is 1. The Labute approximate surface area is 129 Å². The van der Waals surface area contributed by atoms with Crippen LogP contribution in [-0.4, -0.2) is 30.3 Å². The van der Waals surface area contributed by atoms with E-state index in [1.807, 2.05) is 30.3 Å². The van der Waals surface area contributed by atoms with Gasteiger partial charge in [0.05, 0.1) is 0 Å². The van der Waals surface area contributed by atoms with E-state index in [9.17, 15) is 4.79 Å². The molecule has 0 atom stereocenters. The Morgan fingerprint density at radius 3 is 2.29 bits per heavy atom. The lowest BCUT2D eigenvalue weighted by Crippen LogP contribution is -2.40. The van der Waals surface area contributed by atoms with Crippen LogP contribution in [0, 0.1) is 5.41 Å². The van der Waals surface area contributed by atoms with Crippen LogP contribution in [0.4, 0.5) is 0 Å². The summed E-state index contributed by atoms with van der Waals surface area (Å²) in [5, 5.41) is 0. The first-order valence-electron chi connectivity index (χ1n) is 8.50. The quantitative estimate of drug-likeness (QED) is 0.686. The normalized spacial score (nSPS) is 18.6. The van der Waals surface area contributed by atoms with Gasteiger partial charge < -0.3 is 4.90 Å². The first-order valence-corrected chi connectivity index (χ1v) is 8.50. The minimum Gasteiger partial charge on any atom is -0.303 e. The second-order valence-electron chi connectivity index (χ2n) is 6.44. The highest BCUT2D eigenvalue weighted by Gasteiger charge is 2.30. The molecule has 21 heavy (non-hydrogen) atoms. The largest absolute Gasteiger partial charge is 0.303 e. The molecule has 0 amide bonds. The van der Waals surface area contributed by atoms with Gasteiger partial charge in [-0.2, -0.15) is 0 Å². The predicted molar refractivity (Wildman–Crippen MR) is 88.7 cm³/mol. The molecule has 2 nitrogen and oxygen atoms in total. The van der Waals surface area contributed by atoms with Crippen LogP contribution in [0.5, 0.6) is 0 Å². The molecule has 0 aromatic heterocycles. The van der Waals surface area contributed by atoms with Crippen molar-refractivity contribution >= 4 is 5.78 Å². The fraction of sp³-hybridized carbons (Fsp3) is 0.632. The van der Waals surface area contributed by atoms with Crippen molar-refractivity contribution in [3.8, 4) is 0 Å². The molecule has 1 aromatic carbocycles. The Hall–Kier alpha value is -1.15. The molecular weight excluding hydrogens is 258 g/mol. The second kappa shape index (κ2) is 7.74. The third kappa shape index (κ3) is 4.41. The summed E-state index contributed by atoms with van der Waals surface area (Å²) in [7, 11) is 0. The molecule has 1 saturated heterocycles. The summed E-state index contributed by atoms with van der Waals surface area (Å²) < 4.78 is 0. The number of rotatable bonds is 7. The van der Waals surface area contributed by atoms with E-state index >= 15 is 0 Å². The number of benzene rings is 1. The smallest absolute Gasteiger partial charge is 0.162 e. The van der Waals surface area contributed by atoms with Gasteiger partial charge in [0.1, 0.15) is 0 Å². The molecule has 1 aromatic rings. The van der Waals surface area contributed by atoms with Crippen LogP contribution in [0.1, 0.15) is 62.7 Å². The summed E-state index contributed by atoms with van der Waals surface area (Å²) in [6.45, 7) is 8.15. The van der Waals surface area contributed by atoms with Crippen molar-refractivity contribution in [2.75, 3.05) is 19.6 Å². The summed E-state index contributed by atoms with van der Waals surface area (Å²) in [5.74, 6) is 0.282. The van der Waals surface area contributed by atoms with Gasteiger partial charge in [-0.1, -0.05) is 57.0 Å². The zero-order chi connectivity index (χ0) is 15.1. The number of hydrogen-bond acceptors (Lipinski definition) is 2. The lowest BCUT2D eigenvalue weighted by molar-refractivity contribution is 0.0889. The topological polar surface area (TPSA) is 20.3 Å². The maximum absolute atomic E-state index is 12.1. The fourth-order valence-corrected chi connectivity index (χ4v) is 3.44. The summed E-state index contributed by atoms with van der Waals surface area (Å²) in [6.07, 6.45) is 6.93. The van der Waals surface area contributed by atoms with Gasteiger partial charge in [-0.15, -0.1) is 0 Å². The van der Waals surface area contributed by atoms with Gasteiger partial charge in [0.25, 0.3) is 0 Å². The molecule has 116 valence electrons. The zero-order valence-electron chi connectivity index (χ0n) is 13.6. The number of ketones is 1. The standard InChI is InChI=1S/C19H29NO/c1-3-19(4-2)12-15-20(16-13-19)14-8-11-18(21)17-9-6-5-7-10-17/h5-7,9-10H,3-4,8,11-16H2,1-2H3. The van der Waals surface area contributed by atoms with Crippen LogP contribution in [0.2, 0.25) is 0 Å². The first-order chi connectivity index (χ1) is 10.2. The average molecular weight is 287 g/mol. The molecule has 0 N–H and O–H groups in total. The van der Waals surface area contributed by atoms with E-state index in [0.717, 1.165) is 18.5 Å². The Bertz CT molecular complexity index is 426. The Balaban J connectivity index is 1.70. The maximum atomic E-state index is 12.1. The third-order valence-corrected chi connectivity index (χ3v) is 5.39. The van der Waals surface area contributed by atoms with Gasteiger partial charge in [-0.3, -0.25) is 4.79 Å². The van der Waals surface area contributed by atoms with Gasteiger partial charge in [-0.05, 0) is 44.3 Å². The molecule has 1 aliphatic heterocycles. The Morgan fingerprint density at radius 1 is 1.10 bits per heavy atom. The molecule has 2 heteroatoms. The third-order valence-electron chi connectivity index (χ3n) is 5.39. The van der Waals surface area contributed by atoms with E-state index in [1.165, 1.54) is 38.8 Å². The molecule has 0 bridgehead atoms. The second-order valence-corrected chi connectivity index (χ2v) is 6.44. The van der Waals surface area contributed by atoms with Gasteiger partial charge in [0, 0.05) is 12.0 Å². The molecule has 1 fully saturated rings. The lowest BCUT2D eigenvalue weighted by atomic mass is 9.74. The fourth-order valence-electron chi connectivity index (χ4n) is 3.44. The minimum atomic E-state index is 0.282. The summed E-state index contributed by atoms with van der Waals surface area (Å²) in [4.78, 5) is 14.6. The number of likely N-dealkylation sites (tertiary alicyclic amines) is 1. The number of hydrogen-bond donors (Lipinski definition) is 0. The first kappa shape index (κ1) is 16.2. The van der Waals surface area contributed by atoms with Crippen molar-refractivity contribution in [2.24, 2.45) is 5.41 Å². The number of carbonyl (C=O) groups excluding carboxylic acids is 1. The number of carbonyl (C=O) groups is 1. The van der Waals surface area contributed by atoms with E-state index < -0.39 is 0 Å². The van der Waals surface area contributed by atoms with Crippen LogP contribution in [0.25, 0.3) is 0 Å². The number of piperidine rings is 1. The van der Waals surface area contributed by atoms with E-state index in [2.05, 4.69) is 18.7 Å². The summed E-state index contributed by atoms with van der Waals surface area (Å²) in [5.41, 5.74) is 1.45. The van der Waals surface area contributed by atoms with Crippen molar-refractivity contribution in [3.05, 3.63) is 35.9 Å². The van der Waals surface area contributed by atoms with Gasteiger partial charge >= 0.3 is 0 Å². The zero-order valence-corrected chi connectivity index (χ0v) is 13.6. The summed E-state index contributed by atoms with van der Waals surface area (Å²) in [6, 6.07) is 9.66. The average Bonchev–Trinajstić information content (AvgIpc) is 2.56. The van der Waals surface area contributed by atoms with Gasteiger partial charge in [0.15, 0.2) is 5.78 Å². The van der Waals surface area contributed by atoms with Crippen LogP contribution in [0.15, 0.2) is 30.3 Å². The molecule has 0 unspecified atom stereocenters. The van der Waals surface area contributed by atoms with Gasteiger partial charge in [-0.25, -0.2) is 0 Å². The molecule has 0 radical (unpaired) electrons. The predicted octanol–water partition coefficient (Wildman–Crippen LogP) is 4.55. The highest BCUT2D eigenvalue weighted by atomic mass is 16.1. The Morgan fingerprint density at radius 2 is 1.71 bits per heavy atom. The number of nitrogens with zero attached hydrogens (tertiary/aromatic N) is 1. The molecule has 1 heterocycles. The Kier molecular flexibility index (Phi) is 5.98. The molecule has 0 spiro atoms. The van der Waals surface area contributed by atoms with Crippen molar-refractivity contribution < 1.29 is 4.79 Å². The highest BCUT2D eigenvalue weighted by molar-refractivity contribution is 5.95. The van der Waals surface area contributed by atoms with Crippen molar-refractivity contribution in [1.82, 2.24) is 4.90 Å². The molecule has 0 aliphatic carbocycles. The highest BCUT2D eigenvalue weighted by Crippen LogP contribution is 2.37. The monoisotopic (exact) mass is 287 g/mol. The van der Waals surface area contributed by atoms with E-state index in [1.54, 1.807) is 0 Å². The summed E-state index contributed by atoms with van der Waals surface area (Å²) >= 11 is 0. The van der Waals surface area contributed by atoms with Crippen LogP contribution in [0.3, 0.4) is 0 Å². The van der Waals surface area contributed by atoms with E-state index in [4.69, 9.17) is 0 Å². The van der Waals surface area contributed by atoms with E-state index in [0.29, 0.717) is 11.8 Å². The van der Waals surface area contributed by atoms with Crippen LogP contribution in [-0.2, 0) is 0 Å². The van der Waals surface area contributed by atoms with Crippen LogP contribution >= 0.6 is 0 Å². The molecule has 2 rings (SSSR count). The van der Waals surface area contributed by atoms with Crippen LogP contribution < -0.4 is 0 Å². The molecule has 0 saturated carbocycles. The van der Waals surface area contributed by atoms with E-state index in [-0.39, 0.29) is 5.78 Å².